The zero-order valence-electron chi connectivity index (χ0n) is 12.6. The van der Waals surface area contributed by atoms with E-state index in [1.807, 2.05) is 0 Å². The largest absolute Gasteiger partial charge is 0.452 e. The fourth-order valence-corrected chi connectivity index (χ4v) is 2.62. The van der Waals surface area contributed by atoms with Gasteiger partial charge in [0.2, 0.25) is 0 Å². The minimum absolute atomic E-state index is 0.0269. The van der Waals surface area contributed by atoms with E-state index in [0.717, 1.165) is 0 Å². The smallest absolute Gasteiger partial charge is 0.337 e. The van der Waals surface area contributed by atoms with Crippen LogP contribution in [0.2, 0.25) is 0 Å². The molecular formula is C14H19O7P. The first-order valence-corrected chi connectivity index (χ1v) is 8.26. The summed E-state index contributed by atoms with van der Waals surface area (Å²) >= 11 is 0. The summed E-state index contributed by atoms with van der Waals surface area (Å²) in [4.78, 5) is 23.4. The van der Waals surface area contributed by atoms with Gasteiger partial charge in [-0.15, -0.1) is 12.8 Å². The summed E-state index contributed by atoms with van der Waals surface area (Å²) in [7, 11) is -3.53. The maximum Gasteiger partial charge on any atom is 0.337 e. The minimum atomic E-state index is -3.53. The van der Waals surface area contributed by atoms with E-state index in [1.165, 1.54) is 0 Å². The lowest BCUT2D eigenvalue weighted by atomic mass is 10.2. The summed E-state index contributed by atoms with van der Waals surface area (Å²) in [5, 5.41) is 0. The maximum atomic E-state index is 12.3. The van der Waals surface area contributed by atoms with Gasteiger partial charge in [-0.2, -0.15) is 0 Å². The predicted molar refractivity (Wildman–Crippen MR) is 78.8 cm³/mol. The SMILES string of the molecule is C#CCOC(=O)CC(OP(=O)(CC)OCC)C(=O)OCC#C. The van der Waals surface area contributed by atoms with Crippen molar-refractivity contribution in [3.63, 3.8) is 0 Å². The Morgan fingerprint density at radius 3 is 2.23 bits per heavy atom. The molecular weight excluding hydrogens is 311 g/mol. The Bertz CT molecular complexity index is 500. The predicted octanol–water partition coefficient (Wildman–Crippen LogP) is 1.36. The number of esters is 2. The van der Waals surface area contributed by atoms with Crippen LogP contribution in [0, 0.1) is 24.7 Å². The van der Waals surface area contributed by atoms with E-state index in [-0.39, 0.29) is 26.0 Å². The molecule has 7 nitrogen and oxygen atoms in total. The second-order valence-electron chi connectivity index (χ2n) is 3.82. The maximum absolute atomic E-state index is 12.3. The molecule has 2 atom stereocenters. The molecule has 0 bridgehead atoms. The van der Waals surface area contributed by atoms with E-state index in [0.29, 0.717) is 0 Å². The third-order valence-electron chi connectivity index (χ3n) is 2.23. The third kappa shape index (κ3) is 7.85. The van der Waals surface area contributed by atoms with E-state index >= 15 is 0 Å². The highest BCUT2D eigenvalue weighted by Gasteiger charge is 2.34. The number of ether oxygens (including phenoxy) is 2. The molecule has 0 aromatic rings. The van der Waals surface area contributed by atoms with Crippen LogP contribution in [-0.2, 0) is 32.7 Å². The van der Waals surface area contributed by atoms with Crippen LogP contribution in [0.4, 0.5) is 0 Å². The van der Waals surface area contributed by atoms with E-state index in [9.17, 15) is 14.2 Å². The van der Waals surface area contributed by atoms with Gasteiger partial charge >= 0.3 is 19.5 Å². The molecule has 0 saturated carbocycles. The highest BCUT2D eigenvalue weighted by molar-refractivity contribution is 7.53. The van der Waals surface area contributed by atoms with Gasteiger partial charge in [0.1, 0.15) is 0 Å². The van der Waals surface area contributed by atoms with Crippen molar-refractivity contribution in [2.75, 3.05) is 26.0 Å². The van der Waals surface area contributed by atoms with Gasteiger partial charge in [0, 0.05) is 6.16 Å². The van der Waals surface area contributed by atoms with Crippen molar-refractivity contribution < 1.29 is 32.7 Å². The molecule has 0 aliphatic rings. The highest BCUT2D eigenvalue weighted by Crippen LogP contribution is 2.49. The fourth-order valence-electron chi connectivity index (χ4n) is 1.29. The zero-order chi connectivity index (χ0) is 17.0. The zero-order valence-corrected chi connectivity index (χ0v) is 13.5. The van der Waals surface area contributed by atoms with Crippen LogP contribution < -0.4 is 0 Å². The minimum Gasteiger partial charge on any atom is -0.452 e. The molecule has 0 rings (SSSR count). The van der Waals surface area contributed by atoms with Gasteiger partial charge in [0.25, 0.3) is 0 Å². The van der Waals surface area contributed by atoms with Crippen molar-refractivity contribution in [2.45, 2.75) is 26.4 Å². The van der Waals surface area contributed by atoms with Crippen LogP contribution in [0.1, 0.15) is 20.3 Å². The number of carbonyl (C=O) groups is 2. The Kier molecular flexibility index (Phi) is 9.98. The van der Waals surface area contributed by atoms with Crippen molar-refractivity contribution in [1.29, 1.82) is 0 Å². The van der Waals surface area contributed by atoms with Crippen molar-refractivity contribution in [1.82, 2.24) is 0 Å². The first kappa shape index (κ1) is 20.2. The van der Waals surface area contributed by atoms with Crippen LogP contribution in [0.3, 0.4) is 0 Å². The number of carbonyl (C=O) groups excluding carboxylic acids is 2. The molecule has 0 radical (unpaired) electrons. The third-order valence-corrected chi connectivity index (χ3v) is 4.23. The monoisotopic (exact) mass is 330 g/mol. The lowest BCUT2D eigenvalue weighted by Gasteiger charge is -2.21. The highest BCUT2D eigenvalue weighted by atomic mass is 31.2. The molecule has 0 saturated heterocycles. The van der Waals surface area contributed by atoms with Gasteiger partial charge in [0.15, 0.2) is 19.3 Å². The molecule has 0 amide bonds. The van der Waals surface area contributed by atoms with Crippen molar-refractivity contribution in [2.24, 2.45) is 0 Å². The second kappa shape index (κ2) is 10.9. The van der Waals surface area contributed by atoms with Gasteiger partial charge in [0.05, 0.1) is 13.0 Å². The first-order valence-electron chi connectivity index (χ1n) is 6.53. The van der Waals surface area contributed by atoms with E-state index in [1.54, 1.807) is 13.8 Å². The van der Waals surface area contributed by atoms with Crippen LogP contribution in [-0.4, -0.2) is 44.0 Å². The Balaban J connectivity index is 4.96. The van der Waals surface area contributed by atoms with Gasteiger partial charge < -0.3 is 14.0 Å². The summed E-state index contributed by atoms with van der Waals surface area (Å²) in [6.07, 6.45) is 8.01. The number of hydrogen-bond donors (Lipinski definition) is 0. The average Bonchev–Trinajstić information content (AvgIpc) is 2.50. The van der Waals surface area contributed by atoms with Crippen LogP contribution in [0.25, 0.3) is 0 Å². The number of hydrogen-bond acceptors (Lipinski definition) is 7. The van der Waals surface area contributed by atoms with Crippen molar-refractivity contribution in [3.05, 3.63) is 0 Å². The van der Waals surface area contributed by atoms with Gasteiger partial charge in [-0.05, 0) is 6.92 Å². The molecule has 0 fully saturated rings. The van der Waals surface area contributed by atoms with Gasteiger partial charge in [-0.1, -0.05) is 18.8 Å². The van der Waals surface area contributed by atoms with E-state index in [4.69, 9.17) is 26.6 Å². The Labute approximate surface area is 130 Å². The Morgan fingerprint density at radius 1 is 1.14 bits per heavy atom. The number of rotatable bonds is 10. The molecule has 2 unspecified atom stereocenters. The molecule has 0 heterocycles. The van der Waals surface area contributed by atoms with Crippen molar-refractivity contribution in [3.8, 4) is 24.7 Å². The van der Waals surface area contributed by atoms with Crippen LogP contribution in [0.15, 0.2) is 0 Å². The number of terminal acetylenes is 2. The van der Waals surface area contributed by atoms with Gasteiger partial charge in [-0.3, -0.25) is 13.9 Å². The normalized spacial score (nSPS) is 14.0. The standard InChI is InChI=1S/C14H19O7P/c1-5-9-18-13(15)11-12(14(16)19-10-6-2)21-22(17,8-4)20-7-3/h1-2,12H,7-11H2,3-4H3. The average molecular weight is 330 g/mol. The topological polar surface area (TPSA) is 88.1 Å². The molecule has 22 heavy (non-hydrogen) atoms. The molecule has 0 aliphatic carbocycles. The summed E-state index contributed by atoms with van der Waals surface area (Å²) in [6, 6.07) is 0. The molecule has 122 valence electrons. The van der Waals surface area contributed by atoms with Crippen molar-refractivity contribution >= 4 is 19.5 Å². The summed E-state index contributed by atoms with van der Waals surface area (Å²) in [5.41, 5.74) is 0. The van der Waals surface area contributed by atoms with Crippen LogP contribution >= 0.6 is 7.60 Å². The molecule has 0 aliphatic heterocycles. The first-order chi connectivity index (χ1) is 10.4. The lowest BCUT2D eigenvalue weighted by molar-refractivity contribution is -0.157. The quantitative estimate of drug-likeness (QED) is 0.339. The van der Waals surface area contributed by atoms with Crippen LogP contribution in [0.5, 0.6) is 0 Å². The van der Waals surface area contributed by atoms with E-state index < -0.39 is 32.1 Å². The Morgan fingerprint density at radius 2 is 1.73 bits per heavy atom. The molecule has 0 spiro atoms. The Hall–Kier alpha value is -1.79. The fraction of sp³-hybridized carbons (Fsp3) is 0.571. The molecule has 0 aromatic heterocycles. The van der Waals surface area contributed by atoms with Gasteiger partial charge in [-0.25, -0.2) is 4.79 Å². The molecule has 0 N–H and O–H groups in total. The summed E-state index contributed by atoms with van der Waals surface area (Å²) in [5.74, 6) is 2.49. The summed E-state index contributed by atoms with van der Waals surface area (Å²) < 4.78 is 31.8. The summed E-state index contributed by atoms with van der Waals surface area (Å²) in [6.45, 7) is 2.76. The van der Waals surface area contributed by atoms with E-state index in [2.05, 4.69) is 16.6 Å². The molecule has 8 heteroatoms. The second-order valence-corrected chi connectivity index (χ2v) is 6.14. The lowest BCUT2D eigenvalue weighted by Crippen LogP contribution is -2.30. The molecule has 0 aromatic carbocycles.